The molecule has 0 spiro atoms. The molecule has 14 aromatic rings. The number of H-pyrrole nitrogens is 1. The highest BCUT2D eigenvalue weighted by Gasteiger charge is 2.36. The summed E-state index contributed by atoms with van der Waals surface area (Å²) in [5.41, 5.74) is 3.77. The van der Waals surface area contributed by atoms with Gasteiger partial charge in [0.05, 0.1) is 101 Å². The molecule has 2 aliphatic rings. The molecule has 0 atom stereocenters. The zero-order valence-electron chi connectivity index (χ0n) is 47.6. The van der Waals surface area contributed by atoms with Gasteiger partial charge in [-0.2, -0.15) is 0 Å². The van der Waals surface area contributed by atoms with Crippen LogP contribution in [0.4, 0.5) is 0 Å². The van der Waals surface area contributed by atoms with Gasteiger partial charge in [0.1, 0.15) is 68.6 Å². The Balaban J connectivity index is 1.20. The molecule has 1 N–H and O–H groups in total. The number of fused-ring (bicyclic) bond motifs is 27. The molecule has 2 aliphatic heterocycles. The Morgan fingerprint density at radius 2 is 0.529 bits per heavy atom. The van der Waals surface area contributed by atoms with Crippen molar-refractivity contribution in [2.24, 2.45) is 7.05 Å². The number of aromatic nitrogens is 8. The van der Waals surface area contributed by atoms with Gasteiger partial charge in [0.2, 0.25) is 0 Å². The summed E-state index contributed by atoms with van der Waals surface area (Å²) in [6, 6.07) is 45.2. The van der Waals surface area contributed by atoms with Crippen molar-refractivity contribution in [2.45, 2.75) is 0 Å². The number of aromatic amines is 1. The minimum absolute atomic E-state index is 0.268. The highest BCUT2D eigenvalue weighted by atomic mass is 16.5. The highest BCUT2D eigenvalue weighted by Crippen LogP contribution is 2.56. The van der Waals surface area contributed by atoms with E-state index in [9.17, 15) is 0 Å². The normalized spacial score (nSPS) is 12.1. The van der Waals surface area contributed by atoms with Crippen molar-refractivity contribution in [1.29, 1.82) is 0 Å². The summed E-state index contributed by atoms with van der Waals surface area (Å²) in [5.74, 6) is 5.30. The van der Waals surface area contributed by atoms with Crippen LogP contribution in [-0.2, 0) is 7.05 Å². The number of hydrogen-bond donors (Lipinski definition) is 1. The second-order valence-corrected chi connectivity index (χ2v) is 21.0. The fourth-order valence-corrected chi connectivity index (χ4v) is 13.4. The molecular weight excluding hydrogens is 1070 g/mol. The molecule has 414 valence electrons. The first-order chi connectivity index (χ1) is 41.7. The maximum atomic E-state index is 6.63. The summed E-state index contributed by atoms with van der Waals surface area (Å²) in [5, 5.41) is 14.7. The largest absolute Gasteiger partial charge is 0.495 e. The van der Waals surface area contributed by atoms with E-state index in [-0.39, 0.29) is 23.3 Å². The van der Waals surface area contributed by atoms with Gasteiger partial charge in [0.25, 0.3) is 0 Å². The Hall–Kier alpha value is -11.0. The third-order valence-corrected chi connectivity index (χ3v) is 17.0. The zero-order valence-corrected chi connectivity index (χ0v) is 47.6. The molecule has 3 aromatic heterocycles. The van der Waals surface area contributed by atoms with E-state index in [2.05, 4.69) is 77.8 Å². The number of nitrogens with zero attached hydrogens (tertiary/aromatic N) is 7. The average molecular weight is 1120 g/mol. The molecule has 16 nitrogen and oxygen atoms in total. The van der Waals surface area contributed by atoms with Crippen LogP contribution in [-0.4, -0.2) is 96.3 Å². The predicted molar refractivity (Wildman–Crippen MR) is 336 cm³/mol. The Morgan fingerprint density at radius 1 is 0.282 bits per heavy atom. The van der Waals surface area contributed by atoms with E-state index in [1.807, 2.05) is 72.3 Å². The van der Waals surface area contributed by atoms with Crippen molar-refractivity contribution in [2.75, 3.05) is 56.9 Å². The number of ether oxygens (including phenoxy) is 8. The smallest absolute Gasteiger partial charge is 0.168 e. The lowest BCUT2D eigenvalue weighted by atomic mass is 9.95. The third kappa shape index (κ3) is 6.78. The molecular formula is C69H50N8O8. The first kappa shape index (κ1) is 49.8. The maximum absolute atomic E-state index is 6.63. The van der Waals surface area contributed by atoms with Crippen LogP contribution in [0, 0.1) is 0 Å². The molecule has 16 rings (SSSR count). The van der Waals surface area contributed by atoms with Crippen LogP contribution in [0.1, 0.15) is 0 Å². The molecule has 11 aromatic carbocycles. The summed E-state index contributed by atoms with van der Waals surface area (Å²) in [4.78, 5) is 37.2. The number of rotatable bonds is 8. The van der Waals surface area contributed by atoms with Crippen LogP contribution in [0.5, 0.6) is 46.0 Å². The van der Waals surface area contributed by atoms with Crippen molar-refractivity contribution in [1.82, 2.24) is 39.5 Å². The Bertz CT molecular complexity index is 5190. The predicted octanol–water partition coefficient (Wildman–Crippen LogP) is 15.0. The average Bonchev–Trinajstić information content (AvgIpc) is 1.76. The lowest BCUT2D eigenvalue weighted by Crippen LogP contribution is -1.98. The second-order valence-electron chi connectivity index (χ2n) is 21.0. The number of aryl methyl sites for hydroxylation is 1. The Labute approximate surface area is 483 Å². The van der Waals surface area contributed by atoms with Gasteiger partial charge < -0.3 is 47.4 Å². The summed E-state index contributed by atoms with van der Waals surface area (Å²) < 4.78 is 54.4. The van der Waals surface area contributed by atoms with E-state index in [1.54, 1.807) is 56.9 Å². The van der Waals surface area contributed by atoms with Gasteiger partial charge in [0.15, 0.2) is 23.3 Å². The topological polar surface area (TPSA) is 172 Å². The fourth-order valence-electron chi connectivity index (χ4n) is 13.4. The van der Waals surface area contributed by atoms with E-state index in [0.717, 1.165) is 75.4 Å². The molecule has 0 fully saturated rings. The van der Waals surface area contributed by atoms with E-state index >= 15 is 0 Å². The Kier molecular flexibility index (Phi) is 10.8. The molecule has 5 heterocycles. The van der Waals surface area contributed by atoms with Crippen molar-refractivity contribution in [3.63, 3.8) is 0 Å². The highest BCUT2D eigenvalue weighted by molar-refractivity contribution is 6.24. The molecule has 85 heavy (non-hydrogen) atoms. The van der Waals surface area contributed by atoms with Gasteiger partial charge in [-0.25, -0.2) is 29.9 Å². The van der Waals surface area contributed by atoms with Crippen molar-refractivity contribution in [3.05, 3.63) is 133 Å². The molecule has 8 bridgehead atoms. The van der Waals surface area contributed by atoms with E-state index in [4.69, 9.17) is 67.8 Å². The monoisotopic (exact) mass is 1120 g/mol. The minimum atomic E-state index is 0.268. The second kappa shape index (κ2) is 18.5. The van der Waals surface area contributed by atoms with Crippen LogP contribution in [0.2, 0.25) is 0 Å². The van der Waals surface area contributed by atoms with Crippen molar-refractivity contribution < 1.29 is 37.9 Å². The van der Waals surface area contributed by atoms with Gasteiger partial charge in [-0.05, 0) is 68.7 Å². The quantitative estimate of drug-likeness (QED) is 0.142. The molecule has 0 aliphatic carbocycles. The van der Waals surface area contributed by atoms with Crippen LogP contribution < -0.4 is 37.9 Å². The lowest BCUT2D eigenvalue weighted by molar-refractivity contribution is 0.413. The number of nitrogens with one attached hydrogen (secondary N) is 1. The van der Waals surface area contributed by atoms with Gasteiger partial charge >= 0.3 is 0 Å². The van der Waals surface area contributed by atoms with Crippen molar-refractivity contribution >= 4 is 120 Å². The molecule has 0 saturated heterocycles. The lowest BCUT2D eigenvalue weighted by Gasteiger charge is -2.17. The first-order valence-corrected chi connectivity index (χ1v) is 27.5. The first-order valence-electron chi connectivity index (χ1n) is 27.5. The van der Waals surface area contributed by atoms with Gasteiger partial charge in [0, 0.05) is 50.1 Å². The standard InChI is InChI=1S/C69H50N8O8/c1-77-68-52-53(61(85-9)45-31-37-23-15-14-22-36(37)30-44(45)60(52)84-8)69(77)76-67-51-49(57(81-5)41-27-33-19-11-13-21-35(33)29-43(41)59(51)83-7)65(74-67)72-63-47-46(54(78-2)38-24-16-17-25-39(38)55(47)79-3)62(70-63)71-64-48-50(66(73-64)75-68)58(82-6)42-28-34-20-12-10-18-32(34)26-40(42)56(48)80-4/h10-31H,1-9H3,(H,70,71,72,73,74,75,76). The SMILES string of the molecule is COc1c2c(c(OC)c3cc4ccccc4cc13)-c1nc-2nc2[nH]c(nc3nc(nc4c5c(OC)c6cc7ccccc7cc6c(OC)c5c(n1)n4C)-c1c-3c(OC)c3cc4ccccc4cc3c1OC)c1c(OC)c3ccccc3c(OC)c21. The molecule has 0 amide bonds. The van der Waals surface area contributed by atoms with E-state index in [1.165, 1.54) is 0 Å². The van der Waals surface area contributed by atoms with Crippen molar-refractivity contribution in [3.8, 4) is 91.5 Å². The molecule has 0 saturated carbocycles. The molecule has 0 radical (unpaired) electrons. The maximum Gasteiger partial charge on any atom is 0.168 e. The van der Waals surface area contributed by atoms with Gasteiger partial charge in [-0.3, -0.25) is 0 Å². The molecule has 0 unspecified atom stereocenters. The molecule has 16 heteroatoms. The minimum Gasteiger partial charge on any atom is -0.495 e. The number of methoxy groups -OCH3 is 8. The van der Waals surface area contributed by atoms with Gasteiger partial charge in [-0.15, -0.1) is 0 Å². The summed E-state index contributed by atoms with van der Waals surface area (Å²) >= 11 is 0. The fraction of sp³-hybridized carbons (Fsp3) is 0.130. The summed E-state index contributed by atoms with van der Waals surface area (Å²) in [7, 11) is 15.2. The van der Waals surface area contributed by atoms with Crippen LogP contribution >= 0.6 is 0 Å². The third-order valence-electron chi connectivity index (χ3n) is 17.0. The van der Waals surface area contributed by atoms with Crippen LogP contribution in [0.15, 0.2) is 133 Å². The summed E-state index contributed by atoms with van der Waals surface area (Å²) in [6.07, 6.45) is 0. The van der Waals surface area contributed by atoms with E-state index in [0.29, 0.717) is 112 Å². The van der Waals surface area contributed by atoms with Gasteiger partial charge in [-0.1, -0.05) is 97.1 Å². The number of benzene rings is 11. The van der Waals surface area contributed by atoms with E-state index < -0.39 is 0 Å². The summed E-state index contributed by atoms with van der Waals surface area (Å²) in [6.45, 7) is 0. The van der Waals surface area contributed by atoms with Crippen LogP contribution in [0.25, 0.3) is 165 Å². The zero-order chi connectivity index (χ0) is 57.7. The number of hydrogen-bond acceptors (Lipinski definition) is 14. The van der Waals surface area contributed by atoms with Crippen LogP contribution in [0.3, 0.4) is 0 Å². The Morgan fingerprint density at radius 3 is 0.812 bits per heavy atom.